The second-order valence-corrected chi connectivity index (χ2v) is 5.84. The molecule has 3 atom stereocenters. The molecule has 1 fully saturated rings. The van der Waals surface area contributed by atoms with Gasteiger partial charge in [0.1, 0.15) is 5.75 Å². The molecule has 1 aliphatic heterocycles. The average Bonchev–Trinajstić information content (AvgIpc) is 2.41. The molecular weight excluding hydrogens is 236 g/mol. The Morgan fingerprint density at radius 3 is 2.89 bits per heavy atom. The third kappa shape index (κ3) is 3.71. The van der Waals surface area contributed by atoms with Gasteiger partial charge in [0, 0.05) is 25.2 Å². The summed E-state index contributed by atoms with van der Waals surface area (Å²) in [6.45, 7) is 6.75. The van der Waals surface area contributed by atoms with Crippen LogP contribution in [0.2, 0.25) is 0 Å². The monoisotopic (exact) mass is 262 g/mol. The Morgan fingerprint density at radius 2 is 2.16 bits per heavy atom. The number of methoxy groups -OCH3 is 1. The number of hydrogen-bond donors (Lipinski definition) is 1. The number of benzene rings is 1. The van der Waals surface area contributed by atoms with E-state index in [1.807, 2.05) is 6.07 Å². The van der Waals surface area contributed by atoms with Gasteiger partial charge in [0.15, 0.2) is 0 Å². The van der Waals surface area contributed by atoms with Crippen molar-refractivity contribution in [3.8, 4) is 5.75 Å². The molecular formula is C16H26N2O. The maximum atomic E-state index is 5.26. The molecule has 19 heavy (non-hydrogen) atoms. The summed E-state index contributed by atoms with van der Waals surface area (Å²) in [5, 5.41) is 3.71. The summed E-state index contributed by atoms with van der Waals surface area (Å²) in [7, 11) is 3.94. The molecule has 1 N–H and O–H groups in total. The number of likely N-dealkylation sites (tertiary alicyclic amines) is 1. The van der Waals surface area contributed by atoms with Gasteiger partial charge in [-0.25, -0.2) is 0 Å². The van der Waals surface area contributed by atoms with E-state index in [0.717, 1.165) is 12.3 Å². The van der Waals surface area contributed by atoms with Crippen molar-refractivity contribution in [2.75, 3.05) is 20.7 Å². The molecule has 106 valence electrons. The highest BCUT2D eigenvalue weighted by Gasteiger charge is 2.28. The predicted octanol–water partition coefficient (Wildman–Crippen LogP) is 2.51. The van der Waals surface area contributed by atoms with Crippen LogP contribution >= 0.6 is 0 Å². The molecule has 1 saturated heterocycles. The van der Waals surface area contributed by atoms with E-state index < -0.39 is 0 Å². The number of ether oxygens (including phenoxy) is 1. The zero-order valence-electron chi connectivity index (χ0n) is 12.5. The predicted molar refractivity (Wildman–Crippen MR) is 79.5 cm³/mol. The van der Waals surface area contributed by atoms with Crippen LogP contribution < -0.4 is 10.1 Å². The van der Waals surface area contributed by atoms with Crippen LogP contribution in [0, 0.1) is 5.92 Å². The van der Waals surface area contributed by atoms with Crippen molar-refractivity contribution in [1.82, 2.24) is 10.2 Å². The summed E-state index contributed by atoms with van der Waals surface area (Å²) < 4.78 is 5.26. The highest BCUT2D eigenvalue weighted by atomic mass is 16.5. The number of rotatable bonds is 4. The highest BCUT2D eigenvalue weighted by Crippen LogP contribution is 2.21. The fourth-order valence-corrected chi connectivity index (χ4v) is 2.86. The molecule has 0 aliphatic carbocycles. The Balaban J connectivity index is 1.90. The molecule has 0 amide bonds. The highest BCUT2D eigenvalue weighted by molar-refractivity contribution is 5.28. The Bertz CT molecular complexity index is 407. The maximum Gasteiger partial charge on any atom is 0.119 e. The van der Waals surface area contributed by atoms with E-state index in [-0.39, 0.29) is 0 Å². The van der Waals surface area contributed by atoms with Crippen LogP contribution in [-0.2, 0) is 6.54 Å². The van der Waals surface area contributed by atoms with Gasteiger partial charge in [-0.3, -0.25) is 0 Å². The minimum absolute atomic E-state index is 0.609. The first-order valence-electron chi connectivity index (χ1n) is 7.16. The lowest BCUT2D eigenvalue weighted by Crippen LogP contribution is -2.50. The number of nitrogens with one attached hydrogen (secondary N) is 1. The van der Waals surface area contributed by atoms with Crippen LogP contribution in [0.5, 0.6) is 5.75 Å². The van der Waals surface area contributed by atoms with Crippen molar-refractivity contribution in [3.05, 3.63) is 29.8 Å². The third-order valence-electron chi connectivity index (χ3n) is 4.31. The third-order valence-corrected chi connectivity index (χ3v) is 4.31. The van der Waals surface area contributed by atoms with Crippen LogP contribution in [0.15, 0.2) is 24.3 Å². The smallest absolute Gasteiger partial charge is 0.119 e. The van der Waals surface area contributed by atoms with Crippen molar-refractivity contribution in [2.45, 2.75) is 38.9 Å². The second-order valence-electron chi connectivity index (χ2n) is 5.84. The van der Waals surface area contributed by atoms with Crippen molar-refractivity contribution >= 4 is 0 Å². The first-order valence-corrected chi connectivity index (χ1v) is 7.16. The van der Waals surface area contributed by atoms with E-state index in [4.69, 9.17) is 4.74 Å². The Kier molecular flexibility index (Phi) is 4.83. The van der Waals surface area contributed by atoms with Crippen molar-refractivity contribution < 1.29 is 4.74 Å². The molecule has 1 heterocycles. The fourth-order valence-electron chi connectivity index (χ4n) is 2.86. The van der Waals surface area contributed by atoms with E-state index in [1.54, 1.807) is 7.11 Å². The van der Waals surface area contributed by atoms with Gasteiger partial charge in [-0.1, -0.05) is 19.1 Å². The van der Waals surface area contributed by atoms with E-state index in [2.05, 4.69) is 49.3 Å². The van der Waals surface area contributed by atoms with Crippen molar-refractivity contribution in [3.63, 3.8) is 0 Å². The van der Waals surface area contributed by atoms with E-state index in [9.17, 15) is 0 Å². The van der Waals surface area contributed by atoms with Gasteiger partial charge in [-0.15, -0.1) is 0 Å². The standard InChI is InChI=1S/C16H26N2O/c1-12-11-18(3)13(2)8-16(12)17-10-14-6-5-7-15(9-14)19-4/h5-7,9,12-13,16-17H,8,10-11H2,1-4H3. The minimum atomic E-state index is 0.609. The Morgan fingerprint density at radius 1 is 1.37 bits per heavy atom. The lowest BCUT2D eigenvalue weighted by molar-refractivity contribution is 0.121. The summed E-state index contributed by atoms with van der Waals surface area (Å²) in [5.74, 6) is 1.64. The van der Waals surface area contributed by atoms with Crippen molar-refractivity contribution in [2.24, 2.45) is 5.92 Å². The fraction of sp³-hybridized carbons (Fsp3) is 0.625. The van der Waals surface area contributed by atoms with Gasteiger partial charge in [-0.2, -0.15) is 0 Å². The molecule has 3 unspecified atom stereocenters. The quantitative estimate of drug-likeness (QED) is 0.902. The van der Waals surface area contributed by atoms with E-state index >= 15 is 0 Å². The van der Waals surface area contributed by atoms with Crippen molar-refractivity contribution in [1.29, 1.82) is 0 Å². The summed E-state index contributed by atoms with van der Waals surface area (Å²) >= 11 is 0. The first kappa shape index (κ1) is 14.4. The molecule has 0 spiro atoms. The molecule has 3 nitrogen and oxygen atoms in total. The molecule has 0 bridgehead atoms. The molecule has 0 aromatic heterocycles. The minimum Gasteiger partial charge on any atom is -0.497 e. The summed E-state index contributed by atoms with van der Waals surface area (Å²) in [5.41, 5.74) is 1.29. The Hall–Kier alpha value is -1.06. The van der Waals surface area contributed by atoms with Crippen LogP contribution in [0.1, 0.15) is 25.8 Å². The summed E-state index contributed by atoms with van der Waals surface area (Å²) in [4.78, 5) is 2.45. The lowest BCUT2D eigenvalue weighted by atomic mass is 9.90. The first-order chi connectivity index (χ1) is 9.10. The number of nitrogens with zero attached hydrogens (tertiary/aromatic N) is 1. The zero-order chi connectivity index (χ0) is 13.8. The Labute approximate surface area is 116 Å². The largest absolute Gasteiger partial charge is 0.497 e. The van der Waals surface area contributed by atoms with Gasteiger partial charge in [-0.05, 0) is 44.0 Å². The van der Waals surface area contributed by atoms with Gasteiger partial charge in [0.25, 0.3) is 0 Å². The molecule has 0 radical (unpaired) electrons. The van der Waals surface area contributed by atoms with Gasteiger partial charge in [0.2, 0.25) is 0 Å². The van der Waals surface area contributed by atoms with Gasteiger partial charge in [0.05, 0.1) is 7.11 Å². The van der Waals surface area contributed by atoms with Gasteiger partial charge >= 0.3 is 0 Å². The normalized spacial score (nSPS) is 28.3. The van der Waals surface area contributed by atoms with Crippen LogP contribution in [-0.4, -0.2) is 37.7 Å². The summed E-state index contributed by atoms with van der Waals surface area (Å²) in [6.07, 6.45) is 1.22. The average molecular weight is 262 g/mol. The molecule has 1 aromatic rings. The topological polar surface area (TPSA) is 24.5 Å². The molecule has 1 aromatic carbocycles. The van der Waals surface area contributed by atoms with Gasteiger partial charge < -0.3 is 15.0 Å². The zero-order valence-corrected chi connectivity index (χ0v) is 12.5. The molecule has 1 aliphatic rings. The lowest BCUT2D eigenvalue weighted by Gasteiger charge is -2.40. The van der Waals surface area contributed by atoms with Crippen LogP contribution in [0.4, 0.5) is 0 Å². The summed E-state index contributed by atoms with van der Waals surface area (Å²) in [6, 6.07) is 9.57. The number of hydrogen-bond acceptors (Lipinski definition) is 3. The second kappa shape index (κ2) is 6.40. The van der Waals surface area contributed by atoms with Crippen LogP contribution in [0.25, 0.3) is 0 Å². The molecule has 3 heteroatoms. The van der Waals surface area contributed by atoms with E-state index in [1.165, 1.54) is 18.5 Å². The SMILES string of the molecule is COc1cccc(CNC2CC(C)N(C)CC2C)c1. The van der Waals surface area contributed by atoms with Crippen LogP contribution in [0.3, 0.4) is 0 Å². The molecule has 0 saturated carbocycles. The number of piperidine rings is 1. The van der Waals surface area contributed by atoms with E-state index in [0.29, 0.717) is 18.0 Å². The molecule has 2 rings (SSSR count). The maximum absolute atomic E-state index is 5.26.